The van der Waals surface area contributed by atoms with Gasteiger partial charge in [0.2, 0.25) is 0 Å². The molecule has 0 saturated heterocycles. The number of nitrogens with zero attached hydrogens (tertiary/aromatic N) is 2. The summed E-state index contributed by atoms with van der Waals surface area (Å²) in [5.41, 5.74) is 17.2. The molecule has 5 aromatic rings. The summed E-state index contributed by atoms with van der Waals surface area (Å²) in [6.07, 6.45) is 9.04. The van der Waals surface area contributed by atoms with Gasteiger partial charge >= 0.3 is 0 Å². The molecule has 0 spiro atoms. The fourth-order valence-corrected chi connectivity index (χ4v) is 3.95. The number of benzene rings is 1. The molecule has 8 nitrogen and oxygen atoms in total. The number of carbonyl (C=O) groups is 1. The first kappa shape index (κ1) is 21.4. The van der Waals surface area contributed by atoms with Gasteiger partial charge in [-0.25, -0.2) is 0 Å². The molecular weight excluding hydrogens is 430 g/mol. The molecule has 1 atom stereocenters. The molecule has 0 aliphatic rings. The number of para-hydroxylation sites is 1. The summed E-state index contributed by atoms with van der Waals surface area (Å²) in [4.78, 5) is 23.5. The van der Waals surface area contributed by atoms with Crippen molar-refractivity contribution >= 4 is 16.8 Å². The molecule has 1 aromatic carbocycles. The van der Waals surface area contributed by atoms with Crippen molar-refractivity contribution in [3.63, 3.8) is 0 Å². The van der Waals surface area contributed by atoms with Gasteiger partial charge in [-0.15, -0.1) is 0 Å². The van der Waals surface area contributed by atoms with Crippen LogP contribution >= 0.6 is 0 Å². The zero-order chi connectivity index (χ0) is 23.5. The monoisotopic (exact) mass is 453 g/mol. The van der Waals surface area contributed by atoms with Crippen LogP contribution < -0.4 is 16.2 Å². The van der Waals surface area contributed by atoms with Gasteiger partial charge in [0.15, 0.2) is 0 Å². The number of primary amides is 1. The van der Waals surface area contributed by atoms with Crippen LogP contribution in [0.25, 0.3) is 33.3 Å². The smallest absolute Gasteiger partial charge is 0.267 e. The third-order valence-electron chi connectivity index (χ3n) is 5.60. The van der Waals surface area contributed by atoms with Crippen LogP contribution in [0.5, 0.6) is 5.75 Å². The van der Waals surface area contributed by atoms with Crippen molar-refractivity contribution in [2.45, 2.75) is 12.5 Å². The number of aromatic amines is 1. The second-order valence-electron chi connectivity index (χ2n) is 8.01. The Morgan fingerprint density at radius 3 is 2.82 bits per heavy atom. The predicted molar refractivity (Wildman–Crippen MR) is 129 cm³/mol. The van der Waals surface area contributed by atoms with E-state index in [1.165, 1.54) is 0 Å². The van der Waals surface area contributed by atoms with E-state index in [1.807, 2.05) is 36.5 Å². The molecule has 4 aromatic heterocycles. The van der Waals surface area contributed by atoms with Crippen LogP contribution in [0.2, 0.25) is 0 Å². The highest BCUT2D eigenvalue weighted by Crippen LogP contribution is 2.33. The number of furan rings is 1. The van der Waals surface area contributed by atoms with Gasteiger partial charge in [-0.3, -0.25) is 14.8 Å². The van der Waals surface area contributed by atoms with Gasteiger partial charge in [0.25, 0.3) is 5.91 Å². The Morgan fingerprint density at radius 1 is 1.12 bits per heavy atom. The van der Waals surface area contributed by atoms with Gasteiger partial charge < -0.3 is 25.6 Å². The number of hydrogen-bond acceptors (Lipinski definition) is 6. The van der Waals surface area contributed by atoms with Crippen LogP contribution in [0.1, 0.15) is 16.1 Å². The maximum atomic E-state index is 11.6. The third kappa shape index (κ3) is 4.39. The summed E-state index contributed by atoms with van der Waals surface area (Å²) in [6.45, 7) is 0.314. The van der Waals surface area contributed by atoms with Crippen molar-refractivity contribution in [1.29, 1.82) is 0 Å². The fraction of sp³-hybridized carbons (Fsp3) is 0.115. The largest absolute Gasteiger partial charge is 0.490 e. The minimum Gasteiger partial charge on any atom is -0.490 e. The molecule has 0 saturated carbocycles. The lowest BCUT2D eigenvalue weighted by atomic mass is 10.0. The number of rotatable bonds is 8. The molecule has 0 fully saturated rings. The molecule has 1 amide bonds. The number of pyridine rings is 2. The summed E-state index contributed by atoms with van der Waals surface area (Å²) in [5.74, 6) is -0.0376. The average molecular weight is 454 g/mol. The van der Waals surface area contributed by atoms with Crippen LogP contribution in [-0.2, 0) is 6.42 Å². The number of amides is 1. The Hall–Kier alpha value is -4.43. The number of aromatic nitrogens is 3. The SMILES string of the molecule is NC(=O)c1cc(-c2cc(OC[C@@H](N)Cc3c[nH]c4ccccc34)cnc2-c2ccoc2)ccn1. The maximum absolute atomic E-state index is 11.6. The van der Waals surface area contributed by atoms with E-state index in [1.54, 1.807) is 37.1 Å². The van der Waals surface area contributed by atoms with E-state index in [2.05, 4.69) is 21.0 Å². The average Bonchev–Trinajstić information content (AvgIpc) is 3.53. The molecule has 0 unspecified atom stereocenters. The molecular formula is C26H23N5O3. The number of nitrogens with one attached hydrogen (secondary N) is 1. The van der Waals surface area contributed by atoms with Crippen LogP contribution in [0, 0.1) is 0 Å². The number of carbonyl (C=O) groups excluding carboxylic acids is 1. The molecule has 0 bridgehead atoms. The molecule has 0 aliphatic heterocycles. The minimum atomic E-state index is -0.602. The lowest BCUT2D eigenvalue weighted by Crippen LogP contribution is -2.30. The highest BCUT2D eigenvalue weighted by molar-refractivity contribution is 5.93. The van der Waals surface area contributed by atoms with E-state index >= 15 is 0 Å². The fourth-order valence-electron chi connectivity index (χ4n) is 3.95. The summed E-state index contributed by atoms with van der Waals surface area (Å²) in [5, 5.41) is 1.16. The summed E-state index contributed by atoms with van der Waals surface area (Å²) in [7, 11) is 0. The second-order valence-corrected chi connectivity index (χ2v) is 8.01. The number of ether oxygens (including phenoxy) is 1. The van der Waals surface area contributed by atoms with Crippen molar-refractivity contribution in [1.82, 2.24) is 15.0 Å². The number of fused-ring (bicyclic) bond motifs is 1. The quantitative estimate of drug-likeness (QED) is 0.326. The molecule has 170 valence electrons. The van der Waals surface area contributed by atoms with Gasteiger partial charge in [-0.05, 0) is 47.9 Å². The Kier molecular flexibility index (Phi) is 5.80. The first-order valence-corrected chi connectivity index (χ1v) is 10.8. The Labute approximate surface area is 195 Å². The highest BCUT2D eigenvalue weighted by Gasteiger charge is 2.15. The zero-order valence-electron chi connectivity index (χ0n) is 18.3. The zero-order valence-corrected chi connectivity index (χ0v) is 18.3. The van der Waals surface area contributed by atoms with E-state index in [0.717, 1.165) is 33.2 Å². The van der Waals surface area contributed by atoms with Crippen molar-refractivity contribution < 1.29 is 13.9 Å². The Morgan fingerprint density at radius 2 is 2.00 bits per heavy atom. The lowest BCUT2D eigenvalue weighted by Gasteiger charge is -2.15. The minimum absolute atomic E-state index is 0.169. The summed E-state index contributed by atoms with van der Waals surface area (Å²) in [6, 6.07) is 15.0. The van der Waals surface area contributed by atoms with E-state index in [4.69, 9.17) is 20.6 Å². The Bertz CT molecular complexity index is 1440. The van der Waals surface area contributed by atoms with Gasteiger partial charge in [0.1, 0.15) is 18.1 Å². The first-order valence-electron chi connectivity index (χ1n) is 10.8. The van der Waals surface area contributed by atoms with Crippen molar-refractivity contribution in [3.05, 3.63) is 90.9 Å². The van der Waals surface area contributed by atoms with Crippen molar-refractivity contribution in [3.8, 4) is 28.1 Å². The maximum Gasteiger partial charge on any atom is 0.267 e. The lowest BCUT2D eigenvalue weighted by molar-refractivity contribution is 0.0995. The molecule has 5 rings (SSSR count). The van der Waals surface area contributed by atoms with Crippen LogP contribution in [0.4, 0.5) is 0 Å². The van der Waals surface area contributed by atoms with Gasteiger partial charge in [0.05, 0.1) is 24.4 Å². The van der Waals surface area contributed by atoms with Gasteiger partial charge in [-0.2, -0.15) is 0 Å². The van der Waals surface area contributed by atoms with E-state index in [-0.39, 0.29) is 11.7 Å². The van der Waals surface area contributed by atoms with Crippen molar-refractivity contribution in [2.24, 2.45) is 11.5 Å². The normalized spacial score (nSPS) is 12.0. The van der Waals surface area contributed by atoms with E-state index in [0.29, 0.717) is 24.5 Å². The van der Waals surface area contributed by atoms with E-state index in [9.17, 15) is 4.79 Å². The van der Waals surface area contributed by atoms with Crippen molar-refractivity contribution in [2.75, 3.05) is 6.61 Å². The Balaban J connectivity index is 1.38. The molecule has 0 aliphatic carbocycles. The second kappa shape index (κ2) is 9.21. The highest BCUT2D eigenvalue weighted by atomic mass is 16.5. The molecule has 0 radical (unpaired) electrons. The van der Waals surface area contributed by atoms with Gasteiger partial charge in [0, 0.05) is 40.5 Å². The predicted octanol–water partition coefficient (Wildman–Crippen LogP) is 3.93. The third-order valence-corrected chi connectivity index (χ3v) is 5.60. The standard InChI is InChI=1S/C26H23N5O3/c27-19(9-18-12-30-23-4-2-1-3-21(18)23)15-34-20-11-22(16-5-7-29-24(10-16)26(28)32)25(31-13-20)17-6-8-33-14-17/h1-8,10-14,19,30H,9,15,27H2,(H2,28,32)/t19-/m0/s1. The molecule has 5 N–H and O–H groups in total. The topological polar surface area (TPSA) is 133 Å². The number of nitrogens with two attached hydrogens (primary N) is 2. The summed E-state index contributed by atoms with van der Waals surface area (Å²) >= 11 is 0. The van der Waals surface area contributed by atoms with Crippen LogP contribution in [0.15, 0.2) is 84.1 Å². The molecule has 8 heteroatoms. The van der Waals surface area contributed by atoms with Gasteiger partial charge in [-0.1, -0.05) is 18.2 Å². The summed E-state index contributed by atoms with van der Waals surface area (Å²) < 4.78 is 11.2. The number of H-pyrrole nitrogens is 1. The van der Waals surface area contributed by atoms with Crippen LogP contribution in [0.3, 0.4) is 0 Å². The van der Waals surface area contributed by atoms with E-state index < -0.39 is 5.91 Å². The number of hydrogen-bond donors (Lipinski definition) is 3. The first-order chi connectivity index (χ1) is 16.6. The molecule has 4 heterocycles. The van der Waals surface area contributed by atoms with Crippen LogP contribution in [-0.4, -0.2) is 33.5 Å². The molecule has 34 heavy (non-hydrogen) atoms.